The van der Waals surface area contributed by atoms with Gasteiger partial charge in [0.15, 0.2) is 0 Å². The Morgan fingerprint density at radius 3 is 2.67 bits per heavy atom. The number of nitrogens with one attached hydrogen (secondary N) is 1. The molecule has 0 aliphatic carbocycles. The largest absolute Gasteiger partial charge is 0.467 e. The molecule has 1 aromatic heterocycles. The van der Waals surface area contributed by atoms with E-state index >= 15 is 0 Å². The fourth-order valence-corrected chi connectivity index (χ4v) is 1.12. The summed E-state index contributed by atoms with van der Waals surface area (Å²) in [5.41, 5.74) is 2.57. The van der Waals surface area contributed by atoms with Crippen LogP contribution in [0.3, 0.4) is 0 Å². The summed E-state index contributed by atoms with van der Waals surface area (Å²) < 4.78 is 5.08. The van der Waals surface area contributed by atoms with E-state index in [2.05, 4.69) is 5.43 Å². The van der Waals surface area contributed by atoms with Gasteiger partial charge in [0.25, 0.3) is 0 Å². The van der Waals surface area contributed by atoms with Crippen LogP contribution in [0.1, 0.15) is 26.5 Å². The highest BCUT2D eigenvalue weighted by molar-refractivity contribution is 5.64. The Kier molecular flexibility index (Phi) is 3.36. The normalized spacial score (nSPS) is 11.4. The summed E-state index contributed by atoms with van der Waals surface area (Å²) in [6.45, 7) is 5.88. The van der Waals surface area contributed by atoms with Gasteiger partial charge in [0.05, 0.1) is 12.8 Å². The second-order valence-corrected chi connectivity index (χ2v) is 4.31. The summed E-state index contributed by atoms with van der Waals surface area (Å²) in [4.78, 5) is 10.9. The second kappa shape index (κ2) is 4.35. The Labute approximate surface area is 88.7 Å². The summed E-state index contributed by atoms with van der Waals surface area (Å²) >= 11 is 0. The number of amides is 1. The Morgan fingerprint density at radius 1 is 1.60 bits per heavy atom. The molecule has 0 aromatic carbocycles. The molecule has 5 heteroatoms. The van der Waals surface area contributed by atoms with Gasteiger partial charge in [-0.15, -0.1) is 0 Å². The zero-order valence-electron chi connectivity index (χ0n) is 9.15. The molecule has 0 spiro atoms. The molecule has 0 saturated heterocycles. The lowest BCUT2D eigenvalue weighted by Crippen LogP contribution is -2.51. The van der Waals surface area contributed by atoms with Crippen molar-refractivity contribution in [1.29, 1.82) is 0 Å². The molecule has 0 unspecified atom stereocenters. The standard InChI is InChI=1S/C10H16N2O3/c1-10(2,3)11-12(9(13)14)7-8-5-4-6-15-8/h4-6,11H,7H2,1-3H3,(H,13,14). The van der Waals surface area contributed by atoms with Crippen LogP contribution in [-0.2, 0) is 6.54 Å². The Hall–Kier alpha value is -1.49. The van der Waals surface area contributed by atoms with Gasteiger partial charge in [0, 0.05) is 5.54 Å². The molecule has 0 aliphatic rings. The van der Waals surface area contributed by atoms with E-state index in [1.54, 1.807) is 12.1 Å². The van der Waals surface area contributed by atoms with E-state index in [0.29, 0.717) is 5.76 Å². The molecule has 0 bridgehead atoms. The van der Waals surface area contributed by atoms with E-state index in [-0.39, 0.29) is 12.1 Å². The van der Waals surface area contributed by atoms with E-state index in [1.807, 2.05) is 20.8 Å². The maximum Gasteiger partial charge on any atom is 0.422 e. The summed E-state index contributed by atoms with van der Waals surface area (Å²) in [7, 11) is 0. The highest BCUT2D eigenvalue weighted by Gasteiger charge is 2.20. The van der Waals surface area contributed by atoms with Crippen molar-refractivity contribution in [3.63, 3.8) is 0 Å². The Bertz CT molecular complexity index is 314. The quantitative estimate of drug-likeness (QED) is 0.753. The van der Waals surface area contributed by atoms with Gasteiger partial charge < -0.3 is 9.52 Å². The average molecular weight is 212 g/mol. The molecule has 0 atom stereocenters. The topological polar surface area (TPSA) is 65.7 Å². The van der Waals surface area contributed by atoms with Gasteiger partial charge in [-0.25, -0.2) is 15.2 Å². The van der Waals surface area contributed by atoms with Crippen LogP contribution in [0.15, 0.2) is 22.8 Å². The fraction of sp³-hybridized carbons (Fsp3) is 0.500. The van der Waals surface area contributed by atoms with Crippen molar-refractivity contribution in [2.45, 2.75) is 32.9 Å². The number of hydrazine groups is 1. The number of carboxylic acid groups (broad SMARTS) is 1. The molecule has 15 heavy (non-hydrogen) atoms. The molecule has 84 valence electrons. The van der Waals surface area contributed by atoms with Crippen molar-refractivity contribution in [2.75, 3.05) is 0 Å². The third-order valence-electron chi connectivity index (χ3n) is 1.60. The van der Waals surface area contributed by atoms with Crippen molar-refractivity contribution < 1.29 is 14.3 Å². The van der Waals surface area contributed by atoms with Crippen molar-refractivity contribution in [3.05, 3.63) is 24.2 Å². The van der Waals surface area contributed by atoms with E-state index in [9.17, 15) is 4.79 Å². The second-order valence-electron chi connectivity index (χ2n) is 4.31. The minimum atomic E-state index is -1.03. The van der Waals surface area contributed by atoms with Crippen LogP contribution in [0.5, 0.6) is 0 Å². The first-order valence-corrected chi connectivity index (χ1v) is 4.69. The van der Waals surface area contributed by atoms with Crippen molar-refractivity contribution in [2.24, 2.45) is 0 Å². The maximum absolute atomic E-state index is 10.9. The van der Waals surface area contributed by atoms with Crippen LogP contribution in [-0.4, -0.2) is 21.7 Å². The zero-order valence-corrected chi connectivity index (χ0v) is 9.15. The highest BCUT2D eigenvalue weighted by Crippen LogP contribution is 2.07. The van der Waals surface area contributed by atoms with Gasteiger partial charge in [-0.2, -0.15) is 0 Å². The molecule has 2 N–H and O–H groups in total. The average Bonchev–Trinajstić information content (AvgIpc) is 2.52. The zero-order chi connectivity index (χ0) is 11.5. The van der Waals surface area contributed by atoms with Crippen LogP contribution in [0.4, 0.5) is 4.79 Å². The van der Waals surface area contributed by atoms with Gasteiger partial charge in [-0.3, -0.25) is 0 Å². The lowest BCUT2D eigenvalue weighted by molar-refractivity contribution is 0.0865. The molecule has 1 aromatic rings. The fourth-order valence-electron chi connectivity index (χ4n) is 1.12. The van der Waals surface area contributed by atoms with Crippen LogP contribution in [0, 0.1) is 0 Å². The third kappa shape index (κ3) is 4.03. The third-order valence-corrected chi connectivity index (χ3v) is 1.60. The van der Waals surface area contributed by atoms with Crippen molar-refractivity contribution in [3.8, 4) is 0 Å². The molecule has 0 fully saturated rings. The molecular formula is C10H16N2O3. The van der Waals surface area contributed by atoms with Crippen LogP contribution in [0.25, 0.3) is 0 Å². The van der Waals surface area contributed by atoms with Crippen molar-refractivity contribution >= 4 is 6.09 Å². The van der Waals surface area contributed by atoms with Gasteiger partial charge in [0.1, 0.15) is 5.76 Å². The lowest BCUT2D eigenvalue weighted by atomic mass is 10.1. The molecule has 1 heterocycles. The number of hydrogen-bond donors (Lipinski definition) is 2. The van der Waals surface area contributed by atoms with Gasteiger partial charge in [-0.1, -0.05) is 0 Å². The number of furan rings is 1. The molecule has 0 radical (unpaired) electrons. The number of carbonyl (C=O) groups is 1. The number of rotatable bonds is 3. The van der Waals surface area contributed by atoms with Crippen LogP contribution < -0.4 is 5.43 Å². The predicted octanol–water partition coefficient (Wildman–Crippen LogP) is 2.06. The maximum atomic E-state index is 10.9. The smallest absolute Gasteiger partial charge is 0.422 e. The van der Waals surface area contributed by atoms with Gasteiger partial charge >= 0.3 is 6.09 Å². The Morgan fingerprint density at radius 2 is 2.27 bits per heavy atom. The number of hydrogen-bond acceptors (Lipinski definition) is 3. The SMILES string of the molecule is CC(C)(C)NN(Cc1ccco1)C(=O)O. The molecule has 0 saturated carbocycles. The summed E-state index contributed by atoms with van der Waals surface area (Å²) in [6, 6.07) is 3.47. The summed E-state index contributed by atoms with van der Waals surface area (Å²) in [6.07, 6.45) is 0.494. The monoisotopic (exact) mass is 212 g/mol. The first kappa shape index (κ1) is 11.6. The predicted molar refractivity (Wildman–Crippen MR) is 55.2 cm³/mol. The number of nitrogens with zero attached hydrogens (tertiary/aromatic N) is 1. The van der Waals surface area contributed by atoms with Crippen LogP contribution in [0.2, 0.25) is 0 Å². The summed E-state index contributed by atoms with van der Waals surface area (Å²) in [5, 5.41) is 10.1. The highest BCUT2D eigenvalue weighted by atomic mass is 16.4. The van der Waals surface area contributed by atoms with Crippen molar-refractivity contribution in [1.82, 2.24) is 10.4 Å². The summed E-state index contributed by atoms with van der Waals surface area (Å²) in [5.74, 6) is 0.606. The van der Waals surface area contributed by atoms with E-state index < -0.39 is 6.09 Å². The first-order chi connectivity index (χ1) is 6.88. The van der Waals surface area contributed by atoms with Gasteiger partial charge in [0.2, 0.25) is 0 Å². The molecule has 5 nitrogen and oxygen atoms in total. The van der Waals surface area contributed by atoms with E-state index in [4.69, 9.17) is 9.52 Å². The minimum absolute atomic E-state index is 0.194. The van der Waals surface area contributed by atoms with Crippen LogP contribution >= 0.6 is 0 Å². The molecule has 1 amide bonds. The van der Waals surface area contributed by atoms with Gasteiger partial charge in [-0.05, 0) is 32.9 Å². The lowest BCUT2D eigenvalue weighted by Gasteiger charge is -2.28. The van der Waals surface area contributed by atoms with E-state index in [0.717, 1.165) is 5.01 Å². The molecule has 0 aliphatic heterocycles. The Balaban J connectivity index is 2.63. The van der Waals surface area contributed by atoms with E-state index in [1.165, 1.54) is 6.26 Å². The molecule has 1 rings (SSSR count). The molecular weight excluding hydrogens is 196 g/mol. The minimum Gasteiger partial charge on any atom is -0.467 e. The first-order valence-electron chi connectivity index (χ1n) is 4.69.